The van der Waals surface area contributed by atoms with Crippen LogP contribution in [0.2, 0.25) is 0 Å². The minimum absolute atomic E-state index is 0.404. The summed E-state index contributed by atoms with van der Waals surface area (Å²) in [6.07, 6.45) is 0. The molecule has 0 aliphatic rings. The predicted octanol–water partition coefficient (Wildman–Crippen LogP) is 4.92. The van der Waals surface area contributed by atoms with Gasteiger partial charge < -0.3 is 4.57 Å². The van der Waals surface area contributed by atoms with Crippen molar-refractivity contribution in [3.05, 3.63) is 41.9 Å². The molecule has 1 aromatic heterocycles. The maximum Gasteiger partial charge on any atom is 0.124 e. The van der Waals surface area contributed by atoms with Crippen molar-refractivity contribution in [2.24, 2.45) is 0 Å². The lowest BCUT2D eigenvalue weighted by atomic mass is 10.1. The van der Waals surface area contributed by atoms with E-state index in [-0.39, 0.29) is 0 Å². The van der Waals surface area contributed by atoms with E-state index in [2.05, 4.69) is 49.6 Å². The Morgan fingerprint density at radius 2 is 1.95 bits per heavy atom. The average molecular weight is 295 g/mol. The second-order valence-corrected chi connectivity index (χ2v) is 6.00. The van der Waals surface area contributed by atoms with E-state index in [1.54, 1.807) is 11.8 Å². The number of hydrogen-bond acceptors (Lipinski definition) is 2. The van der Waals surface area contributed by atoms with E-state index in [0.717, 1.165) is 18.1 Å². The molecule has 0 fully saturated rings. The van der Waals surface area contributed by atoms with Gasteiger partial charge in [0, 0.05) is 11.4 Å². The molecule has 2 aromatic rings. The highest BCUT2D eigenvalue weighted by atomic mass is 35.5. The molecule has 0 radical (unpaired) electrons. The summed E-state index contributed by atoms with van der Waals surface area (Å²) < 4.78 is 2.22. The number of halogens is 1. The van der Waals surface area contributed by atoms with Crippen LogP contribution >= 0.6 is 23.4 Å². The van der Waals surface area contributed by atoms with Gasteiger partial charge in [0.1, 0.15) is 10.9 Å². The Kier molecular flexibility index (Phi) is 4.94. The third kappa shape index (κ3) is 3.15. The number of alkyl halides is 1. The smallest absolute Gasteiger partial charge is 0.124 e. The van der Waals surface area contributed by atoms with Gasteiger partial charge in [-0.05, 0) is 25.0 Å². The number of aromatic nitrogens is 2. The SMILES string of the molecule is CCn1c(CCl)nc(C(C)C)c1Sc1ccccc1. The maximum atomic E-state index is 6.01. The van der Waals surface area contributed by atoms with Crippen molar-refractivity contribution in [2.45, 2.75) is 49.0 Å². The van der Waals surface area contributed by atoms with Gasteiger partial charge in [-0.2, -0.15) is 0 Å². The molecular weight excluding hydrogens is 276 g/mol. The summed E-state index contributed by atoms with van der Waals surface area (Å²) in [6, 6.07) is 10.4. The normalized spacial score (nSPS) is 11.2. The third-order valence-electron chi connectivity index (χ3n) is 2.97. The van der Waals surface area contributed by atoms with Crippen LogP contribution < -0.4 is 0 Å². The Bertz CT molecular complexity index is 535. The summed E-state index contributed by atoms with van der Waals surface area (Å²) in [6.45, 7) is 7.39. The summed E-state index contributed by atoms with van der Waals surface area (Å²) in [5.41, 5.74) is 1.14. The molecule has 0 bridgehead atoms. The van der Waals surface area contributed by atoms with Gasteiger partial charge in [0.2, 0.25) is 0 Å². The largest absolute Gasteiger partial charge is 0.322 e. The van der Waals surface area contributed by atoms with Crippen LogP contribution in [-0.4, -0.2) is 9.55 Å². The fourth-order valence-electron chi connectivity index (χ4n) is 2.01. The molecule has 0 atom stereocenters. The summed E-state index contributed by atoms with van der Waals surface area (Å²) >= 11 is 7.78. The number of rotatable bonds is 5. The second-order valence-electron chi connectivity index (χ2n) is 4.67. The molecule has 2 nitrogen and oxygen atoms in total. The van der Waals surface area contributed by atoms with Gasteiger partial charge in [0.05, 0.1) is 11.6 Å². The topological polar surface area (TPSA) is 17.8 Å². The van der Waals surface area contributed by atoms with Crippen LogP contribution in [0.5, 0.6) is 0 Å². The highest BCUT2D eigenvalue weighted by Gasteiger charge is 2.18. The Labute approximate surface area is 124 Å². The number of hydrogen-bond donors (Lipinski definition) is 0. The minimum Gasteiger partial charge on any atom is -0.322 e. The van der Waals surface area contributed by atoms with Gasteiger partial charge in [-0.25, -0.2) is 4.98 Å². The molecule has 0 aliphatic carbocycles. The van der Waals surface area contributed by atoms with Gasteiger partial charge in [-0.3, -0.25) is 0 Å². The first-order valence-electron chi connectivity index (χ1n) is 6.55. The summed E-state index contributed by atoms with van der Waals surface area (Å²) in [5.74, 6) is 1.83. The zero-order chi connectivity index (χ0) is 13.8. The molecule has 19 heavy (non-hydrogen) atoms. The molecule has 4 heteroatoms. The minimum atomic E-state index is 0.404. The van der Waals surface area contributed by atoms with Crippen molar-refractivity contribution < 1.29 is 0 Å². The number of benzene rings is 1. The van der Waals surface area contributed by atoms with Crippen LogP contribution in [0.3, 0.4) is 0 Å². The summed E-state index contributed by atoms with van der Waals surface area (Å²) in [4.78, 5) is 5.94. The van der Waals surface area contributed by atoms with Gasteiger partial charge in [-0.15, -0.1) is 11.6 Å². The van der Waals surface area contributed by atoms with Crippen LogP contribution in [0.1, 0.15) is 38.2 Å². The number of imidazole rings is 1. The van der Waals surface area contributed by atoms with Crippen LogP contribution in [-0.2, 0) is 12.4 Å². The quantitative estimate of drug-likeness (QED) is 0.729. The molecular formula is C15H19ClN2S. The van der Waals surface area contributed by atoms with E-state index < -0.39 is 0 Å². The molecule has 0 unspecified atom stereocenters. The maximum absolute atomic E-state index is 6.01. The predicted molar refractivity (Wildman–Crippen MR) is 82.1 cm³/mol. The molecule has 102 valence electrons. The number of nitrogens with zero attached hydrogens (tertiary/aromatic N) is 2. The highest BCUT2D eigenvalue weighted by molar-refractivity contribution is 7.99. The zero-order valence-electron chi connectivity index (χ0n) is 11.6. The van der Waals surface area contributed by atoms with Gasteiger partial charge in [0.25, 0.3) is 0 Å². The van der Waals surface area contributed by atoms with Gasteiger partial charge in [-0.1, -0.05) is 43.8 Å². The Hall–Kier alpha value is -0.930. The standard InChI is InChI=1S/C15H19ClN2S/c1-4-18-13(10-16)17-14(11(2)3)15(18)19-12-8-6-5-7-9-12/h5-9,11H,4,10H2,1-3H3. The van der Waals surface area contributed by atoms with Crippen molar-refractivity contribution in [3.63, 3.8) is 0 Å². The molecule has 0 amide bonds. The molecule has 0 saturated carbocycles. The molecule has 0 aliphatic heterocycles. The molecule has 0 N–H and O–H groups in total. The zero-order valence-corrected chi connectivity index (χ0v) is 13.1. The Balaban J connectivity index is 2.44. The Morgan fingerprint density at radius 1 is 1.26 bits per heavy atom. The van der Waals surface area contributed by atoms with E-state index in [4.69, 9.17) is 16.6 Å². The first-order chi connectivity index (χ1) is 9.17. The first kappa shape index (κ1) is 14.5. The van der Waals surface area contributed by atoms with Crippen LogP contribution in [0.4, 0.5) is 0 Å². The fraction of sp³-hybridized carbons (Fsp3) is 0.400. The van der Waals surface area contributed by atoms with E-state index in [1.807, 2.05) is 6.07 Å². The molecule has 0 saturated heterocycles. The second kappa shape index (κ2) is 6.49. The summed E-state index contributed by atoms with van der Waals surface area (Å²) in [7, 11) is 0. The molecule has 2 rings (SSSR count). The fourth-order valence-corrected chi connectivity index (χ4v) is 3.47. The monoisotopic (exact) mass is 294 g/mol. The lowest BCUT2D eigenvalue weighted by Gasteiger charge is -2.10. The highest BCUT2D eigenvalue weighted by Crippen LogP contribution is 2.34. The Morgan fingerprint density at radius 3 is 2.47 bits per heavy atom. The van der Waals surface area contributed by atoms with E-state index in [1.165, 1.54) is 9.92 Å². The van der Waals surface area contributed by atoms with E-state index >= 15 is 0 Å². The van der Waals surface area contributed by atoms with Crippen LogP contribution in [0.15, 0.2) is 40.3 Å². The van der Waals surface area contributed by atoms with Gasteiger partial charge >= 0.3 is 0 Å². The third-order valence-corrected chi connectivity index (χ3v) is 4.34. The molecule has 0 spiro atoms. The van der Waals surface area contributed by atoms with Crippen molar-refractivity contribution in [2.75, 3.05) is 0 Å². The van der Waals surface area contributed by atoms with E-state index in [0.29, 0.717) is 11.8 Å². The lowest BCUT2D eigenvalue weighted by Crippen LogP contribution is -2.01. The molecule has 1 aromatic carbocycles. The van der Waals surface area contributed by atoms with Crippen LogP contribution in [0.25, 0.3) is 0 Å². The van der Waals surface area contributed by atoms with Crippen molar-refractivity contribution in [1.82, 2.24) is 9.55 Å². The van der Waals surface area contributed by atoms with Crippen molar-refractivity contribution >= 4 is 23.4 Å². The first-order valence-corrected chi connectivity index (χ1v) is 7.90. The van der Waals surface area contributed by atoms with Crippen LogP contribution in [0, 0.1) is 0 Å². The average Bonchev–Trinajstić information content (AvgIpc) is 2.77. The van der Waals surface area contributed by atoms with Crippen molar-refractivity contribution in [3.8, 4) is 0 Å². The lowest BCUT2D eigenvalue weighted by molar-refractivity contribution is 0.661. The molecule has 1 heterocycles. The van der Waals surface area contributed by atoms with Crippen molar-refractivity contribution in [1.29, 1.82) is 0 Å². The summed E-state index contributed by atoms with van der Waals surface area (Å²) in [5, 5.41) is 1.22. The van der Waals surface area contributed by atoms with Gasteiger partial charge in [0.15, 0.2) is 0 Å². The van der Waals surface area contributed by atoms with E-state index in [9.17, 15) is 0 Å².